The Bertz CT molecular complexity index is 495. The lowest BCUT2D eigenvalue weighted by atomic mass is 9.93. The Balaban J connectivity index is 1.26. The van der Waals surface area contributed by atoms with Gasteiger partial charge < -0.3 is 15.0 Å². The number of rotatable bonds is 5. The SMILES string of the molecule is c1cc(C[C@@H]2COC[C@@H]2NC2CCN(C3CCCC3)CC2)ccn1. The van der Waals surface area contributed by atoms with Crippen molar-refractivity contribution in [3.8, 4) is 0 Å². The van der Waals surface area contributed by atoms with Gasteiger partial charge in [0.1, 0.15) is 0 Å². The molecule has 1 aromatic heterocycles. The van der Waals surface area contributed by atoms with Gasteiger partial charge in [0.15, 0.2) is 0 Å². The summed E-state index contributed by atoms with van der Waals surface area (Å²) < 4.78 is 5.80. The van der Waals surface area contributed by atoms with Gasteiger partial charge in [0.2, 0.25) is 0 Å². The first-order chi connectivity index (χ1) is 11.9. The van der Waals surface area contributed by atoms with Crippen LogP contribution in [0.1, 0.15) is 44.1 Å². The van der Waals surface area contributed by atoms with E-state index in [1.165, 1.54) is 57.2 Å². The Morgan fingerprint density at radius 2 is 1.79 bits per heavy atom. The van der Waals surface area contributed by atoms with E-state index in [2.05, 4.69) is 27.3 Å². The number of nitrogens with zero attached hydrogens (tertiary/aromatic N) is 2. The number of piperidine rings is 1. The second-order valence-electron chi connectivity index (χ2n) is 7.88. The average Bonchev–Trinajstić information content (AvgIpc) is 3.29. The first kappa shape index (κ1) is 16.5. The van der Waals surface area contributed by atoms with Crippen molar-refractivity contribution in [3.05, 3.63) is 30.1 Å². The highest BCUT2D eigenvalue weighted by molar-refractivity contribution is 5.11. The maximum Gasteiger partial charge on any atom is 0.0623 e. The molecule has 1 aliphatic carbocycles. The Morgan fingerprint density at radius 3 is 2.54 bits per heavy atom. The van der Waals surface area contributed by atoms with Crippen molar-refractivity contribution < 1.29 is 4.74 Å². The van der Waals surface area contributed by atoms with Crippen molar-refractivity contribution in [2.45, 2.75) is 63.1 Å². The van der Waals surface area contributed by atoms with Gasteiger partial charge in [-0.3, -0.25) is 4.98 Å². The summed E-state index contributed by atoms with van der Waals surface area (Å²) in [6, 6.07) is 6.35. The number of nitrogens with one attached hydrogen (secondary N) is 1. The molecule has 2 saturated heterocycles. The second kappa shape index (κ2) is 7.94. The predicted molar refractivity (Wildman–Crippen MR) is 96.0 cm³/mol. The quantitative estimate of drug-likeness (QED) is 0.901. The third kappa shape index (κ3) is 3.98. The molecule has 2 aliphatic heterocycles. The van der Waals surface area contributed by atoms with Crippen LogP contribution in [0.2, 0.25) is 0 Å². The summed E-state index contributed by atoms with van der Waals surface area (Å²) in [6.45, 7) is 4.33. The fourth-order valence-corrected chi connectivity index (χ4v) is 4.81. The number of aromatic nitrogens is 1. The van der Waals surface area contributed by atoms with Crippen LogP contribution in [0, 0.1) is 5.92 Å². The minimum Gasteiger partial charge on any atom is -0.379 e. The van der Waals surface area contributed by atoms with Gasteiger partial charge in [-0.1, -0.05) is 12.8 Å². The lowest BCUT2D eigenvalue weighted by Crippen LogP contribution is -2.50. The molecule has 0 amide bonds. The van der Waals surface area contributed by atoms with Gasteiger partial charge in [-0.15, -0.1) is 0 Å². The van der Waals surface area contributed by atoms with Gasteiger partial charge in [-0.25, -0.2) is 0 Å². The molecular weight excluding hydrogens is 298 g/mol. The van der Waals surface area contributed by atoms with Crippen molar-refractivity contribution in [1.29, 1.82) is 0 Å². The van der Waals surface area contributed by atoms with E-state index >= 15 is 0 Å². The molecule has 2 atom stereocenters. The monoisotopic (exact) mass is 329 g/mol. The van der Waals surface area contributed by atoms with Gasteiger partial charge in [-0.2, -0.15) is 0 Å². The highest BCUT2D eigenvalue weighted by atomic mass is 16.5. The maximum absolute atomic E-state index is 5.80. The van der Waals surface area contributed by atoms with Gasteiger partial charge in [-0.05, 0) is 62.9 Å². The first-order valence-electron chi connectivity index (χ1n) is 9.85. The molecule has 3 fully saturated rings. The summed E-state index contributed by atoms with van der Waals surface area (Å²) in [7, 11) is 0. The Hall–Kier alpha value is -0.970. The topological polar surface area (TPSA) is 37.4 Å². The normalized spacial score (nSPS) is 30.2. The number of likely N-dealkylation sites (tertiary alicyclic amines) is 1. The Labute approximate surface area is 146 Å². The zero-order chi connectivity index (χ0) is 16.2. The number of pyridine rings is 1. The largest absolute Gasteiger partial charge is 0.379 e. The number of hydrogen-bond donors (Lipinski definition) is 1. The molecule has 0 spiro atoms. The average molecular weight is 329 g/mol. The Kier molecular flexibility index (Phi) is 5.46. The minimum atomic E-state index is 0.515. The standard InChI is InChI=1S/C20H31N3O/c1-2-4-19(3-1)23-11-7-18(8-12-23)22-20-15-24-14-17(20)13-16-5-9-21-10-6-16/h5-6,9-10,17-20,22H,1-4,7-8,11-15H2/t17-,20+/m1/s1. The van der Waals surface area contributed by atoms with Crippen LogP contribution >= 0.6 is 0 Å². The summed E-state index contributed by atoms with van der Waals surface area (Å²) >= 11 is 0. The molecular formula is C20H31N3O. The molecule has 132 valence electrons. The van der Waals surface area contributed by atoms with Crippen LogP contribution in [0.5, 0.6) is 0 Å². The molecule has 3 aliphatic rings. The van der Waals surface area contributed by atoms with Crippen LogP contribution in [0.15, 0.2) is 24.5 Å². The molecule has 1 aromatic rings. The van der Waals surface area contributed by atoms with Crippen LogP contribution in [0.3, 0.4) is 0 Å². The molecule has 1 N–H and O–H groups in total. The molecule has 0 aromatic carbocycles. The molecule has 0 bridgehead atoms. The number of ether oxygens (including phenoxy) is 1. The third-order valence-electron chi connectivity index (χ3n) is 6.27. The summed E-state index contributed by atoms with van der Waals surface area (Å²) in [4.78, 5) is 6.88. The van der Waals surface area contributed by atoms with Crippen LogP contribution in [0.25, 0.3) is 0 Å². The highest BCUT2D eigenvalue weighted by Gasteiger charge is 2.32. The molecule has 24 heavy (non-hydrogen) atoms. The zero-order valence-electron chi connectivity index (χ0n) is 14.7. The molecule has 4 nitrogen and oxygen atoms in total. The van der Waals surface area contributed by atoms with E-state index in [1.54, 1.807) is 0 Å². The molecule has 1 saturated carbocycles. The van der Waals surface area contributed by atoms with E-state index < -0.39 is 0 Å². The van der Waals surface area contributed by atoms with Crippen molar-refractivity contribution in [3.63, 3.8) is 0 Å². The number of hydrogen-bond acceptors (Lipinski definition) is 4. The van der Waals surface area contributed by atoms with Crippen LogP contribution in [-0.2, 0) is 11.2 Å². The third-order valence-corrected chi connectivity index (χ3v) is 6.27. The fraction of sp³-hybridized carbons (Fsp3) is 0.750. The van der Waals surface area contributed by atoms with Crippen LogP contribution in [-0.4, -0.2) is 54.3 Å². The molecule has 4 heteroatoms. The van der Waals surface area contributed by atoms with E-state index in [-0.39, 0.29) is 0 Å². The molecule has 0 unspecified atom stereocenters. The lowest BCUT2D eigenvalue weighted by Gasteiger charge is -2.37. The summed E-state index contributed by atoms with van der Waals surface area (Å²) in [5, 5.41) is 3.93. The van der Waals surface area contributed by atoms with Gasteiger partial charge in [0, 0.05) is 36.4 Å². The summed E-state index contributed by atoms with van der Waals surface area (Å²) in [5.74, 6) is 0.597. The minimum absolute atomic E-state index is 0.515. The van der Waals surface area contributed by atoms with Crippen LogP contribution in [0.4, 0.5) is 0 Å². The van der Waals surface area contributed by atoms with E-state index in [4.69, 9.17) is 4.74 Å². The van der Waals surface area contributed by atoms with Crippen molar-refractivity contribution in [1.82, 2.24) is 15.2 Å². The molecule has 0 radical (unpaired) electrons. The van der Waals surface area contributed by atoms with Crippen LogP contribution < -0.4 is 5.32 Å². The van der Waals surface area contributed by atoms with Gasteiger partial charge in [0.25, 0.3) is 0 Å². The predicted octanol–water partition coefficient (Wildman–Crippen LogP) is 2.64. The van der Waals surface area contributed by atoms with E-state index in [0.717, 1.165) is 25.7 Å². The fourth-order valence-electron chi connectivity index (χ4n) is 4.81. The summed E-state index contributed by atoms with van der Waals surface area (Å²) in [5.41, 5.74) is 1.38. The van der Waals surface area contributed by atoms with Crippen molar-refractivity contribution in [2.24, 2.45) is 5.92 Å². The van der Waals surface area contributed by atoms with Crippen molar-refractivity contribution >= 4 is 0 Å². The van der Waals surface area contributed by atoms with E-state index in [9.17, 15) is 0 Å². The van der Waals surface area contributed by atoms with E-state index in [0.29, 0.717) is 18.0 Å². The first-order valence-corrected chi connectivity index (χ1v) is 9.85. The highest BCUT2D eigenvalue weighted by Crippen LogP contribution is 2.27. The smallest absolute Gasteiger partial charge is 0.0623 e. The van der Waals surface area contributed by atoms with Gasteiger partial charge in [0.05, 0.1) is 13.2 Å². The Morgan fingerprint density at radius 1 is 1.04 bits per heavy atom. The maximum atomic E-state index is 5.80. The second-order valence-corrected chi connectivity index (χ2v) is 7.88. The molecule has 3 heterocycles. The summed E-state index contributed by atoms with van der Waals surface area (Å²) in [6.07, 6.45) is 13.2. The van der Waals surface area contributed by atoms with E-state index in [1.807, 2.05) is 12.4 Å². The van der Waals surface area contributed by atoms with Gasteiger partial charge >= 0.3 is 0 Å². The molecule has 4 rings (SSSR count). The lowest BCUT2D eigenvalue weighted by molar-refractivity contribution is 0.136. The zero-order valence-corrected chi connectivity index (χ0v) is 14.7. The van der Waals surface area contributed by atoms with Crippen molar-refractivity contribution in [2.75, 3.05) is 26.3 Å².